The highest BCUT2D eigenvalue weighted by Gasteiger charge is 2.59. The minimum absolute atomic E-state index is 0.300. The number of nitrogens with one attached hydrogen (secondary N) is 1. The molecule has 0 aromatic carbocycles. The molecule has 4 rings (SSSR count). The van der Waals surface area contributed by atoms with Crippen LogP contribution in [0.25, 0.3) is 0 Å². The highest BCUT2D eigenvalue weighted by Crippen LogP contribution is 2.66. The van der Waals surface area contributed by atoms with E-state index in [2.05, 4.69) is 26.1 Å². The average Bonchev–Trinajstić information content (AvgIpc) is 2.93. The molecule has 4 aliphatic rings. The Balaban J connectivity index is 1.64. The van der Waals surface area contributed by atoms with Gasteiger partial charge in [-0.05, 0) is 79.4 Å². The van der Waals surface area contributed by atoms with Crippen LogP contribution in [0.5, 0.6) is 0 Å². The lowest BCUT2D eigenvalue weighted by molar-refractivity contribution is -0.138. The highest BCUT2D eigenvalue weighted by molar-refractivity contribution is 5.77. The first-order valence-corrected chi connectivity index (χ1v) is 9.77. The minimum atomic E-state index is 0.300. The molecule has 1 amide bonds. The van der Waals surface area contributed by atoms with E-state index in [0.717, 1.165) is 36.5 Å². The molecule has 0 bridgehead atoms. The Morgan fingerprint density at radius 1 is 1.05 bits per heavy atom. The molecule has 0 spiro atoms. The van der Waals surface area contributed by atoms with E-state index in [0.29, 0.717) is 22.8 Å². The Labute approximate surface area is 135 Å². The number of carbonyl (C=O) groups is 1. The summed E-state index contributed by atoms with van der Waals surface area (Å²) in [6.45, 7) is 7.46. The predicted octanol–water partition coefficient (Wildman–Crippen LogP) is 4.53. The third-order valence-electron chi connectivity index (χ3n) is 8.66. The lowest BCUT2D eigenvalue weighted by Gasteiger charge is -2.61. The topological polar surface area (TPSA) is 29.1 Å². The predicted molar refractivity (Wildman–Crippen MR) is 89.3 cm³/mol. The molecule has 124 valence electrons. The van der Waals surface area contributed by atoms with Crippen LogP contribution in [0.2, 0.25) is 0 Å². The number of carbonyl (C=O) groups excluding carboxylic acids is 1. The standard InChI is InChI=1S/C20H33NO/c1-13(2)20-10-4-5-16(20)14-6-7-17-19(3,15(14)8-12-20)11-9-18(22)21-17/h13-17H,4-12H2,1-3H3,(H,21,22)/t14-,15+,16+,17-,19-,20+/m1/s1. The second-order valence-corrected chi connectivity index (χ2v) is 9.40. The summed E-state index contributed by atoms with van der Waals surface area (Å²) >= 11 is 0. The van der Waals surface area contributed by atoms with Crippen molar-refractivity contribution in [2.75, 3.05) is 0 Å². The Kier molecular flexibility index (Phi) is 3.40. The van der Waals surface area contributed by atoms with Gasteiger partial charge in [0.25, 0.3) is 0 Å². The third kappa shape index (κ3) is 1.88. The van der Waals surface area contributed by atoms with Gasteiger partial charge >= 0.3 is 0 Å². The summed E-state index contributed by atoms with van der Waals surface area (Å²) in [5.74, 6) is 3.92. The quantitative estimate of drug-likeness (QED) is 0.757. The third-order valence-corrected chi connectivity index (χ3v) is 8.66. The molecular formula is C20H33NO. The van der Waals surface area contributed by atoms with E-state index in [1.807, 2.05) is 0 Å². The van der Waals surface area contributed by atoms with E-state index in [1.54, 1.807) is 0 Å². The van der Waals surface area contributed by atoms with Crippen LogP contribution in [0, 0.1) is 34.5 Å². The van der Waals surface area contributed by atoms with Crippen molar-refractivity contribution in [3.05, 3.63) is 0 Å². The molecule has 4 fully saturated rings. The summed E-state index contributed by atoms with van der Waals surface area (Å²) in [4.78, 5) is 11.8. The molecule has 3 saturated carbocycles. The van der Waals surface area contributed by atoms with E-state index in [9.17, 15) is 4.79 Å². The van der Waals surface area contributed by atoms with Crippen LogP contribution in [0.3, 0.4) is 0 Å². The van der Waals surface area contributed by atoms with Crippen molar-refractivity contribution in [3.8, 4) is 0 Å². The monoisotopic (exact) mass is 303 g/mol. The highest BCUT2D eigenvalue weighted by atomic mass is 16.1. The maximum atomic E-state index is 11.8. The number of fused-ring (bicyclic) bond motifs is 5. The maximum absolute atomic E-state index is 11.8. The second kappa shape index (κ2) is 4.98. The summed E-state index contributed by atoms with van der Waals surface area (Å²) < 4.78 is 0. The Hall–Kier alpha value is -0.530. The normalized spacial score (nSPS) is 51.0. The van der Waals surface area contributed by atoms with Crippen molar-refractivity contribution in [1.82, 2.24) is 5.32 Å². The van der Waals surface area contributed by atoms with Crippen molar-refractivity contribution in [1.29, 1.82) is 0 Å². The van der Waals surface area contributed by atoms with E-state index >= 15 is 0 Å². The number of hydrogen-bond acceptors (Lipinski definition) is 1. The minimum Gasteiger partial charge on any atom is -0.353 e. The fraction of sp³-hybridized carbons (Fsp3) is 0.950. The second-order valence-electron chi connectivity index (χ2n) is 9.40. The summed E-state index contributed by atoms with van der Waals surface area (Å²) in [5.41, 5.74) is 1.03. The average molecular weight is 303 g/mol. The molecule has 0 aromatic heterocycles. The van der Waals surface area contributed by atoms with Crippen LogP contribution in [-0.4, -0.2) is 11.9 Å². The lowest BCUT2D eigenvalue weighted by atomic mass is 9.46. The summed E-state index contributed by atoms with van der Waals surface area (Å²) in [5, 5.41) is 3.34. The van der Waals surface area contributed by atoms with Crippen LogP contribution in [-0.2, 0) is 4.79 Å². The van der Waals surface area contributed by atoms with Crippen LogP contribution in [0.4, 0.5) is 0 Å². The van der Waals surface area contributed by atoms with Gasteiger partial charge in [-0.1, -0.05) is 27.2 Å². The van der Waals surface area contributed by atoms with E-state index in [-0.39, 0.29) is 0 Å². The molecule has 1 heterocycles. The fourth-order valence-electron chi connectivity index (χ4n) is 7.41. The van der Waals surface area contributed by atoms with Gasteiger partial charge in [0.1, 0.15) is 0 Å². The molecule has 1 saturated heterocycles. The first-order valence-electron chi connectivity index (χ1n) is 9.77. The zero-order chi connectivity index (χ0) is 15.5. The molecule has 1 N–H and O–H groups in total. The van der Waals surface area contributed by atoms with Gasteiger partial charge in [-0.15, -0.1) is 0 Å². The molecule has 0 aromatic rings. The van der Waals surface area contributed by atoms with Crippen molar-refractivity contribution < 1.29 is 4.79 Å². The number of rotatable bonds is 1. The van der Waals surface area contributed by atoms with Crippen LogP contribution in [0.1, 0.15) is 78.6 Å². The molecule has 22 heavy (non-hydrogen) atoms. The number of amides is 1. The van der Waals surface area contributed by atoms with Crippen molar-refractivity contribution in [2.24, 2.45) is 34.5 Å². The van der Waals surface area contributed by atoms with E-state index < -0.39 is 0 Å². The van der Waals surface area contributed by atoms with Gasteiger partial charge in [0, 0.05) is 12.5 Å². The molecule has 2 heteroatoms. The van der Waals surface area contributed by atoms with Gasteiger partial charge in [-0.2, -0.15) is 0 Å². The largest absolute Gasteiger partial charge is 0.353 e. The Morgan fingerprint density at radius 3 is 2.64 bits per heavy atom. The summed E-state index contributed by atoms with van der Waals surface area (Å²) in [7, 11) is 0. The van der Waals surface area contributed by atoms with Gasteiger partial charge in [-0.25, -0.2) is 0 Å². The van der Waals surface area contributed by atoms with Gasteiger partial charge in [0.05, 0.1) is 0 Å². The first-order chi connectivity index (χ1) is 10.5. The molecule has 6 atom stereocenters. The maximum Gasteiger partial charge on any atom is 0.220 e. The van der Waals surface area contributed by atoms with Gasteiger partial charge in [0.2, 0.25) is 5.91 Å². The van der Waals surface area contributed by atoms with Gasteiger partial charge < -0.3 is 5.32 Å². The lowest BCUT2D eigenvalue weighted by Crippen LogP contribution is -2.61. The van der Waals surface area contributed by atoms with Crippen LogP contribution in [0.15, 0.2) is 0 Å². The molecule has 3 aliphatic carbocycles. The molecule has 1 aliphatic heterocycles. The van der Waals surface area contributed by atoms with E-state index in [1.165, 1.54) is 44.9 Å². The molecule has 0 unspecified atom stereocenters. The Bertz CT molecular complexity index is 472. The van der Waals surface area contributed by atoms with Crippen LogP contribution >= 0.6 is 0 Å². The summed E-state index contributed by atoms with van der Waals surface area (Å²) in [6, 6.07) is 0.461. The Morgan fingerprint density at radius 2 is 1.86 bits per heavy atom. The smallest absolute Gasteiger partial charge is 0.220 e. The number of piperidine rings is 1. The fourth-order valence-corrected chi connectivity index (χ4v) is 7.41. The zero-order valence-electron chi connectivity index (χ0n) is 14.7. The molecular weight excluding hydrogens is 270 g/mol. The van der Waals surface area contributed by atoms with E-state index in [4.69, 9.17) is 0 Å². The summed E-state index contributed by atoms with van der Waals surface area (Å²) in [6.07, 6.45) is 11.8. The van der Waals surface area contributed by atoms with Crippen molar-refractivity contribution in [3.63, 3.8) is 0 Å². The number of hydrogen-bond donors (Lipinski definition) is 1. The molecule has 0 radical (unpaired) electrons. The van der Waals surface area contributed by atoms with Crippen LogP contribution < -0.4 is 5.32 Å². The molecule has 2 nitrogen and oxygen atoms in total. The van der Waals surface area contributed by atoms with Crippen molar-refractivity contribution in [2.45, 2.75) is 84.6 Å². The SMILES string of the molecule is CC(C)[C@@]12CCC[C@H]1[C@@H]1CC[C@H]3NC(=O)CC[C@]3(C)[C@H]1CC2. The zero-order valence-corrected chi connectivity index (χ0v) is 14.7. The van der Waals surface area contributed by atoms with Crippen molar-refractivity contribution >= 4 is 5.91 Å². The van der Waals surface area contributed by atoms with Gasteiger partial charge in [-0.3, -0.25) is 4.79 Å². The first kappa shape index (κ1) is 15.0. The van der Waals surface area contributed by atoms with Gasteiger partial charge in [0.15, 0.2) is 0 Å².